The van der Waals surface area contributed by atoms with Crippen molar-refractivity contribution in [1.29, 1.82) is 0 Å². The zero-order valence-corrected chi connectivity index (χ0v) is 14.7. The monoisotopic (exact) mass is 373 g/mol. The van der Waals surface area contributed by atoms with Gasteiger partial charge in [0.15, 0.2) is 0 Å². The molecule has 1 aromatic heterocycles. The Labute approximate surface area is 145 Å². The minimum atomic E-state index is 0.0244. The zero-order chi connectivity index (χ0) is 16.2. The molecule has 4 nitrogen and oxygen atoms in total. The first-order chi connectivity index (χ1) is 11.1. The lowest BCUT2D eigenvalue weighted by molar-refractivity contribution is 0.0691. The molecule has 1 N–H and O–H groups in total. The van der Waals surface area contributed by atoms with Crippen LogP contribution in [0.2, 0.25) is 0 Å². The summed E-state index contributed by atoms with van der Waals surface area (Å²) in [5.41, 5.74) is 2.35. The fraction of sp³-hybridized carbons (Fsp3) is 0.333. The van der Waals surface area contributed by atoms with Crippen LogP contribution in [0.1, 0.15) is 30.3 Å². The summed E-state index contributed by atoms with van der Waals surface area (Å²) in [5, 5.41) is 3.30. The van der Waals surface area contributed by atoms with Crippen LogP contribution in [0.25, 0.3) is 0 Å². The second-order valence-corrected chi connectivity index (χ2v) is 6.95. The number of rotatable bonds is 3. The maximum absolute atomic E-state index is 12.6. The standard InChI is InChI=1S/C18H20BrN3O/c1-13-7-10-22(11-8-13)18(23)17-12-16(6-9-20-17)21-15-4-2-14(19)3-5-15/h2-6,9,12-13H,7-8,10-11H2,1H3,(H,20,21). The first-order valence-electron chi connectivity index (χ1n) is 7.90. The molecule has 0 spiro atoms. The molecule has 3 rings (SSSR count). The van der Waals surface area contributed by atoms with E-state index in [1.54, 1.807) is 6.20 Å². The Balaban J connectivity index is 1.71. The highest BCUT2D eigenvalue weighted by molar-refractivity contribution is 9.10. The average molecular weight is 374 g/mol. The number of halogens is 1. The normalized spacial score (nSPS) is 15.5. The van der Waals surface area contributed by atoms with E-state index in [1.807, 2.05) is 41.3 Å². The highest BCUT2D eigenvalue weighted by atomic mass is 79.9. The van der Waals surface area contributed by atoms with Crippen LogP contribution in [0.15, 0.2) is 47.1 Å². The van der Waals surface area contributed by atoms with Gasteiger partial charge in [-0.15, -0.1) is 0 Å². The summed E-state index contributed by atoms with van der Waals surface area (Å²) in [6.07, 6.45) is 3.83. The summed E-state index contributed by atoms with van der Waals surface area (Å²) >= 11 is 3.42. The number of pyridine rings is 1. The molecular formula is C18H20BrN3O. The van der Waals surface area contributed by atoms with Crippen molar-refractivity contribution in [3.8, 4) is 0 Å². The molecule has 2 aromatic rings. The van der Waals surface area contributed by atoms with Gasteiger partial charge in [-0.25, -0.2) is 0 Å². The van der Waals surface area contributed by atoms with Crippen molar-refractivity contribution in [2.45, 2.75) is 19.8 Å². The molecule has 1 aliphatic heterocycles. The lowest BCUT2D eigenvalue weighted by atomic mass is 9.99. The second-order valence-electron chi connectivity index (χ2n) is 6.04. The Morgan fingerprint density at radius 3 is 2.57 bits per heavy atom. The van der Waals surface area contributed by atoms with Crippen LogP contribution in [0.5, 0.6) is 0 Å². The van der Waals surface area contributed by atoms with E-state index in [-0.39, 0.29) is 5.91 Å². The molecule has 1 saturated heterocycles. The first kappa shape index (κ1) is 16.0. The summed E-state index contributed by atoms with van der Waals surface area (Å²) in [6.45, 7) is 3.89. The van der Waals surface area contributed by atoms with Gasteiger partial charge in [-0.1, -0.05) is 22.9 Å². The summed E-state index contributed by atoms with van der Waals surface area (Å²) in [6, 6.07) is 11.6. The van der Waals surface area contributed by atoms with Crippen LogP contribution >= 0.6 is 15.9 Å². The minimum absolute atomic E-state index is 0.0244. The topological polar surface area (TPSA) is 45.2 Å². The van der Waals surface area contributed by atoms with Crippen molar-refractivity contribution < 1.29 is 4.79 Å². The molecule has 0 aliphatic carbocycles. The van der Waals surface area contributed by atoms with Crippen LogP contribution < -0.4 is 5.32 Å². The molecule has 1 aromatic carbocycles. The number of nitrogens with zero attached hydrogens (tertiary/aromatic N) is 2. The van der Waals surface area contributed by atoms with Gasteiger partial charge in [0.05, 0.1) is 0 Å². The smallest absolute Gasteiger partial charge is 0.272 e. The van der Waals surface area contributed by atoms with E-state index in [1.165, 1.54) is 0 Å². The molecule has 5 heteroatoms. The van der Waals surface area contributed by atoms with Gasteiger partial charge in [0.1, 0.15) is 5.69 Å². The number of carbonyl (C=O) groups is 1. The third kappa shape index (κ3) is 4.10. The van der Waals surface area contributed by atoms with Gasteiger partial charge in [0.25, 0.3) is 5.91 Å². The number of hydrogen-bond acceptors (Lipinski definition) is 3. The van der Waals surface area contributed by atoms with Crippen LogP contribution in [-0.2, 0) is 0 Å². The highest BCUT2D eigenvalue weighted by Crippen LogP contribution is 2.21. The van der Waals surface area contributed by atoms with E-state index in [0.29, 0.717) is 11.6 Å². The quantitative estimate of drug-likeness (QED) is 0.863. The van der Waals surface area contributed by atoms with Gasteiger partial charge in [-0.3, -0.25) is 9.78 Å². The predicted octanol–water partition coefficient (Wildman–Crippen LogP) is 4.46. The van der Waals surface area contributed by atoms with Crippen molar-refractivity contribution >= 4 is 33.2 Å². The third-order valence-corrected chi connectivity index (χ3v) is 4.71. The van der Waals surface area contributed by atoms with E-state index < -0.39 is 0 Å². The van der Waals surface area contributed by atoms with Crippen molar-refractivity contribution in [2.24, 2.45) is 5.92 Å². The van der Waals surface area contributed by atoms with Crippen LogP contribution in [-0.4, -0.2) is 28.9 Å². The van der Waals surface area contributed by atoms with Crippen LogP contribution in [0.3, 0.4) is 0 Å². The Bertz CT molecular complexity index is 679. The van der Waals surface area contributed by atoms with Gasteiger partial charge in [0, 0.05) is 35.1 Å². The fourth-order valence-corrected chi connectivity index (χ4v) is 2.96. The molecule has 1 fully saturated rings. The van der Waals surface area contributed by atoms with Crippen molar-refractivity contribution in [3.63, 3.8) is 0 Å². The Morgan fingerprint density at radius 2 is 1.87 bits per heavy atom. The van der Waals surface area contributed by atoms with Crippen molar-refractivity contribution in [3.05, 3.63) is 52.8 Å². The molecule has 2 heterocycles. The minimum Gasteiger partial charge on any atom is -0.355 e. The number of anilines is 2. The third-order valence-electron chi connectivity index (χ3n) is 4.18. The average Bonchev–Trinajstić information content (AvgIpc) is 2.57. The Hall–Kier alpha value is -1.88. The Morgan fingerprint density at radius 1 is 1.17 bits per heavy atom. The molecule has 1 amide bonds. The molecule has 0 saturated carbocycles. The number of amides is 1. The largest absolute Gasteiger partial charge is 0.355 e. The molecule has 120 valence electrons. The van der Waals surface area contributed by atoms with Crippen molar-refractivity contribution in [1.82, 2.24) is 9.88 Å². The maximum Gasteiger partial charge on any atom is 0.272 e. The van der Waals surface area contributed by atoms with E-state index >= 15 is 0 Å². The number of piperidine rings is 1. The Kier molecular flexibility index (Phi) is 4.96. The highest BCUT2D eigenvalue weighted by Gasteiger charge is 2.22. The van der Waals surface area contributed by atoms with Gasteiger partial charge in [-0.2, -0.15) is 0 Å². The summed E-state index contributed by atoms with van der Waals surface area (Å²) < 4.78 is 1.04. The predicted molar refractivity (Wildman–Crippen MR) is 96.0 cm³/mol. The summed E-state index contributed by atoms with van der Waals surface area (Å²) in [7, 11) is 0. The van der Waals surface area contributed by atoms with Crippen molar-refractivity contribution in [2.75, 3.05) is 18.4 Å². The number of hydrogen-bond donors (Lipinski definition) is 1. The second kappa shape index (κ2) is 7.13. The van der Waals surface area contributed by atoms with E-state index in [0.717, 1.165) is 41.8 Å². The SMILES string of the molecule is CC1CCN(C(=O)c2cc(Nc3ccc(Br)cc3)ccn2)CC1. The molecule has 0 bridgehead atoms. The number of likely N-dealkylation sites (tertiary alicyclic amines) is 1. The van der Waals surface area contributed by atoms with E-state index in [2.05, 4.69) is 33.2 Å². The van der Waals surface area contributed by atoms with Gasteiger partial charge >= 0.3 is 0 Å². The molecule has 23 heavy (non-hydrogen) atoms. The van der Waals surface area contributed by atoms with Gasteiger partial charge in [-0.05, 0) is 55.2 Å². The van der Waals surface area contributed by atoms with Gasteiger partial charge < -0.3 is 10.2 Å². The number of benzene rings is 1. The maximum atomic E-state index is 12.6. The zero-order valence-electron chi connectivity index (χ0n) is 13.1. The lowest BCUT2D eigenvalue weighted by Gasteiger charge is -2.30. The number of nitrogens with one attached hydrogen (secondary N) is 1. The van der Waals surface area contributed by atoms with E-state index in [4.69, 9.17) is 0 Å². The van der Waals surface area contributed by atoms with Crippen LogP contribution in [0, 0.1) is 5.92 Å². The van der Waals surface area contributed by atoms with E-state index in [9.17, 15) is 4.79 Å². The first-order valence-corrected chi connectivity index (χ1v) is 8.69. The number of aromatic nitrogens is 1. The molecule has 0 unspecified atom stereocenters. The summed E-state index contributed by atoms with van der Waals surface area (Å²) in [5.74, 6) is 0.730. The molecule has 0 radical (unpaired) electrons. The summed E-state index contributed by atoms with van der Waals surface area (Å²) in [4.78, 5) is 18.7. The molecule has 1 aliphatic rings. The number of carbonyl (C=O) groups excluding carboxylic acids is 1. The van der Waals surface area contributed by atoms with Gasteiger partial charge in [0.2, 0.25) is 0 Å². The van der Waals surface area contributed by atoms with Crippen LogP contribution in [0.4, 0.5) is 11.4 Å². The molecule has 0 atom stereocenters. The lowest BCUT2D eigenvalue weighted by Crippen LogP contribution is -2.38. The fourth-order valence-electron chi connectivity index (χ4n) is 2.70. The molecular weight excluding hydrogens is 354 g/mol.